The van der Waals surface area contributed by atoms with Gasteiger partial charge in [0.05, 0.1) is 10.6 Å². The van der Waals surface area contributed by atoms with Gasteiger partial charge in [0.25, 0.3) is 5.91 Å². The number of aromatic nitrogens is 1. The minimum Gasteiger partial charge on any atom is -0.444 e. The predicted octanol–water partition coefficient (Wildman–Crippen LogP) is 4.87. The van der Waals surface area contributed by atoms with Crippen molar-refractivity contribution in [2.24, 2.45) is 5.92 Å². The lowest BCUT2D eigenvalue weighted by Gasteiger charge is -2.20. The van der Waals surface area contributed by atoms with Crippen molar-refractivity contribution in [3.8, 4) is 11.3 Å². The molecule has 1 aromatic carbocycles. The number of amides is 2. The van der Waals surface area contributed by atoms with Crippen LogP contribution in [0, 0.1) is 18.7 Å². The van der Waals surface area contributed by atoms with Crippen molar-refractivity contribution in [1.82, 2.24) is 15.8 Å². The second-order valence-electron chi connectivity index (χ2n) is 8.79. The van der Waals surface area contributed by atoms with E-state index in [4.69, 9.17) is 20.9 Å². The highest BCUT2D eigenvalue weighted by molar-refractivity contribution is 6.33. The highest BCUT2D eigenvalue weighted by Crippen LogP contribution is 2.34. The summed E-state index contributed by atoms with van der Waals surface area (Å²) in [6, 6.07) is 4.20. The van der Waals surface area contributed by atoms with Gasteiger partial charge in [0, 0.05) is 12.6 Å². The first kappa shape index (κ1) is 23.1. The number of rotatable bonds is 5. The number of carbonyl (C=O) groups is 2. The average molecular weight is 452 g/mol. The lowest BCUT2D eigenvalue weighted by molar-refractivity contribution is 0.0519. The molecule has 1 aliphatic carbocycles. The summed E-state index contributed by atoms with van der Waals surface area (Å²) in [5.41, 5.74) is -0.260. The summed E-state index contributed by atoms with van der Waals surface area (Å²) in [6.07, 6.45) is 1.88. The molecule has 1 fully saturated rings. The number of nitrogens with one attached hydrogen (secondary N) is 2. The Morgan fingerprint density at radius 2 is 2.06 bits per heavy atom. The quantitative estimate of drug-likeness (QED) is 0.676. The first-order valence-corrected chi connectivity index (χ1v) is 10.6. The Morgan fingerprint density at radius 1 is 1.32 bits per heavy atom. The molecule has 31 heavy (non-hydrogen) atoms. The number of hydrogen-bond donors (Lipinski definition) is 2. The van der Waals surface area contributed by atoms with Crippen LogP contribution in [0.15, 0.2) is 22.7 Å². The molecule has 2 amide bonds. The molecule has 2 aromatic rings. The fraction of sp³-hybridized carbons (Fsp3) is 0.500. The molecule has 0 bridgehead atoms. The fourth-order valence-electron chi connectivity index (χ4n) is 3.73. The smallest absolute Gasteiger partial charge is 0.407 e. The second kappa shape index (κ2) is 9.26. The molecule has 0 radical (unpaired) electrons. The number of hydrogen-bond acceptors (Lipinski definition) is 5. The third-order valence-electron chi connectivity index (χ3n) is 5.10. The van der Waals surface area contributed by atoms with E-state index < -0.39 is 17.5 Å². The van der Waals surface area contributed by atoms with Crippen LogP contribution in [-0.2, 0) is 4.74 Å². The molecule has 2 N–H and O–H groups in total. The summed E-state index contributed by atoms with van der Waals surface area (Å²) >= 11 is 6.14. The van der Waals surface area contributed by atoms with Crippen LogP contribution in [-0.4, -0.2) is 35.3 Å². The van der Waals surface area contributed by atoms with Gasteiger partial charge in [0.1, 0.15) is 28.4 Å². The fourth-order valence-corrected chi connectivity index (χ4v) is 3.98. The van der Waals surface area contributed by atoms with E-state index in [1.165, 1.54) is 18.2 Å². The van der Waals surface area contributed by atoms with E-state index in [0.29, 0.717) is 13.0 Å². The third kappa shape index (κ3) is 5.76. The van der Waals surface area contributed by atoms with Crippen LogP contribution >= 0.6 is 11.6 Å². The van der Waals surface area contributed by atoms with Gasteiger partial charge in [-0.15, -0.1) is 0 Å². The molecular formula is C22H27ClFN3O4. The van der Waals surface area contributed by atoms with Gasteiger partial charge < -0.3 is 19.9 Å². The van der Waals surface area contributed by atoms with Crippen molar-refractivity contribution in [3.63, 3.8) is 0 Å². The molecule has 1 aromatic heterocycles. The lowest BCUT2D eigenvalue weighted by atomic mass is 10.0. The van der Waals surface area contributed by atoms with Crippen LogP contribution < -0.4 is 10.6 Å². The zero-order valence-corrected chi connectivity index (χ0v) is 18.8. The number of benzene rings is 1. The first-order valence-electron chi connectivity index (χ1n) is 10.2. The average Bonchev–Trinajstić information content (AvgIpc) is 3.25. The van der Waals surface area contributed by atoms with Crippen LogP contribution in [0.1, 0.15) is 56.2 Å². The second-order valence-corrected chi connectivity index (χ2v) is 9.20. The molecule has 0 aliphatic heterocycles. The molecule has 1 aliphatic rings. The molecule has 168 valence electrons. The SMILES string of the molecule is Cc1onc(-c2c(F)cccc2Cl)c1C(=O)N[C@@H]1CC[C@H](CNC(=O)OC(C)(C)C)C1. The van der Waals surface area contributed by atoms with E-state index in [1.807, 2.05) is 20.8 Å². The molecule has 9 heteroatoms. The van der Waals surface area contributed by atoms with Crippen molar-refractivity contribution < 1.29 is 23.2 Å². The Bertz CT molecular complexity index is 950. The van der Waals surface area contributed by atoms with E-state index in [-0.39, 0.29) is 45.5 Å². The van der Waals surface area contributed by atoms with Gasteiger partial charge in [-0.1, -0.05) is 22.8 Å². The summed E-state index contributed by atoms with van der Waals surface area (Å²) < 4.78 is 24.8. The van der Waals surface area contributed by atoms with Gasteiger partial charge in [0.15, 0.2) is 0 Å². The van der Waals surface area contributed by atoms with E-state index in [9.17, 15) is 14.0 Å². The van der Waals surface area contributed by atoms with Crippen LogP contribution in [0.3, 0.4) is 0 Å². The van der Waals surface area contributed by atoms with Gasteiger partial charge in [-0.05, 0) is 65.0 Å². The predicted molar refractivity (Wildman–Crippen MR) is 114 cm³/mol. The summed E-state index contributed by atoms with van der Waals surface area (Å²) in [6.45, 7) is 7.50. The highest BCUT2D eigenvalue weighted by atomic mass is 35.5. The summed E-state index contributed by atoms with van der Waals surface area (Å²) in [5, 5.41) is 9.78. The van der Waals surface area contributed by atoms with Gasteiger partial charge in [-0.2, -0.15) is 0 Å². The normalized spacial score (nSPS) is 18.6. The molecule has 0 unspecified atom stereocenters. The Balaban J connectivity index is 1.62. The molecule has 3 rings (SSSR count). The third-order valence-corrected chi connectivity index (χ3v) is 5.41. The zero-order chi connectivity index (χ0) is 22.8. The van der Waals surface area contributed by atoms with Crippen molar-refractivity contribution >= 4 is 23.6 Å². The van der Waals surface area contributed by atoms with Gasteiger partial charge in [0.2, 0.25) is 0 Å². The van der Waals surface area contributed by atoms with E-state index in [0.717, 1.165) is 12.8 Å². The van der Waals surface area contributed by atoms with Crippen LogP contribution in [0.2, 0.25) is 5.02 Å². The number of alkyl carbamates (subject to hydrolysis) is 1. The van der Waals surface area contributed by atoms with E-state index >= 15 is 0 Å². The highest BCUT2D eigenvalue weighted by Gasteiger charge is 2.30. The molecule has 0 spiro atoms. The van der Waals surface area contributed by atoms with Crippen molar-refractivity contribution in [1.29, 1.82) is 0 Å². The van der Waals surface area contributed by atoms with E-state index in [1.54, 1.807) is 6.92 Å². The van der Waals surface area contributed by atoms with Crippen LogP contribution in [0.4, 0.5) is 9.18 Å². The maximum absolute atomic E-state index is 14.4. The van der Waals surface area contributed by atoms with E-state index in [2.05, 4.69) is 15.8 Å². The van der Waals surface area contributed by atoms with Crippen LogP contribution in [0.5, 0.6) is 0 Å². The minimum absolute atomic E-state index is 0.0389. The monoisotopic (exact) mass is 451 g/mol. The molecule has 1 saturated carbocycles. The number of halogens is 2. The maximum Gasteiger partial charge on any atom is 0.407 e. The first-order chi connectivity index (χ1) is 14.5. The number of carbonyl (C=O) groups excluding carboxylic acids is 2. The Hall–Kier alpha value is -2.61. The summed E-state index contributed by atoms with van der Waals surface area (Å²) in [5.74, 6) is -0.461. The summed E-state index contributed by atoms with van der Waals surface area (Å²) in [7, 11) is 0. The molecular weight excluding hydrogens is 425 g/mol. The minimum atomic E-state index is -0.580. The van der Waals surface area contributed by atoms with Gasteiger partial charge in [-0.3, -0.25) is 4.79 Å². The van der Waals surface area contributed by atoms with Crippen molar-refractivity contribution in [3.05, 3.63) is 40.4 Å². The van der Waals surface area contributed by atoms with Crippen molar-refractivity contribution in [2.75, 3.05) is 6.54 Å². The molecule has 0 saturated heterocycles. The number of ether oxygens (including phenoxy) is 1. The molecule has 2 atom stereocenters. The number of nitrogens with zero attached hydrogens (tertiary/aromatic N) is 1. The number of aryl methyl sites for hydroxylation is 1. The summed E-state index contributed by atoms with van der Waals surface area (Å²) in [4.78, 5) is 24.8. The Kier molecular flexibility index (Phi) is 6.89. The van der Waals surface area contributed by atoms with Gasteiger partial charge >= 0.3 is 6.09 Å². The van der Waals surface area contributed by atoms with Gasteiger partial charge in [-0.25, -0.2) is 9.18 Å². The largest absolute Gasteiger partial charge is 0.444 e. The Morgan fingerprint density at radius 3 is 2.74 bits per heavy atom. The standard InChI is InChI=1S/C22H27ClFN3O4/c1-12-17(19(27-31-12)18-15(23)6-5-7-16(18)24)20(28)26-14-9-8-13(10-14)11-25-21(29)30-22(2,3)4/h5-7,13-14H,8-11H2,1-4H3,(H,25,29)(H,26,28)/t13-,14+/m0/s1. The Labute approximate surface area is 185 Å². The zero-order valence-electron chi connectivity index (χ0n) is 18.1. The molecule has 1 heterocycles. The van der Waals surface area contributed by atoms with Crippen molar-refractivity contribution in [2.45, 2.75) is 58.6 Å². The molecule has 7 nitrogen and oxygen atoms in total. The maximum atomic E-state index is 14.4. The van der Waals surface area contributed by atoms with Crippen LogP contribution in [0.25, 0.3) is 11.3 Å². The lowest BCUT2D eigenvalue weighted by Crippen LogP contribution is -2.36. The topological polar surface area (TPSA) is 93.5 Å².